The lowest BCUT2D eigenvalue weighted by molar-refractivity contribution is -0.0202. The Hall–Kier alpha value is 0.0700. The molecule has 7 nitrogen and oxygen atoms in total. The molecule has 0 N–H and O–H groups in total. The van der Waals surface area contributed by atoms with Gasteiger partial charge in [-0.15, -0.1) is 0 Å². The number of thiol groups is 1. The predicted molar refractivity (Wildman–Crippen MR) is 137 cm³/mol. The van der Waals surface area contributed by atoms with Crippen molar-refractivity contribution in [2.45, 2.75) is 64.7 Å². The van der Waals surface area contributed by atoms with E-state index in [1.54, 1.807) is 0 Å². The summed E-state index contributed by atoms with van der Waals surface area (Å²) in [5.74, 6) is 1.03. The van der Waals surface area contributed by atoms with Crippen LogP contribution in [0.5, 0.6) is 0 Å². The van der Waals surface area contributed by atoms with E-state index in [1.807, 2.05) is 6.92 Å². The molecule has 0 unspecified atom stereocenters. The van der Waals surface area contributed by atoms with Gasteiger partial charge in [-0.25, -0.2) is 0 Å². The van der Waals surface area contributed by atoms with E-state index in [4.69, 9.17) is 33.2 Å². The normalized spacial score (nSPS) is 11.5. The van der Waals surface area contributed by atoms with Gasteiger partial charge in [0, 0.05) is 13.2 Å². The summed E-state index contributed by atoms with van der Waals surface area (Å²) in [4.78, 5) is 0. The van der Waals surface area contributed by atoms with E-state index in [-0.39, 0.29) is 0 Å². The van der Waals surface area contributed by atoms with E-state index in [2.05, 4.69) is 12.6 Å². The summed E-state index contributed by atoms with van der Waals surface area (Å²) in [7, 11) is 0. The first kappa shape index (κ1) is 33.1. The van der Waals surface area contributed by atoms with E-state index in [9.17, 15) is 0 Å². The van der Waals surface area contributed by atoms with Crippen molar-refractivity contribution in [1.82, 2.24) is 0 Å². The Labute approximate surface area is 208 Å². The van der Waals surface area contributed by atoms with Gasteiger partial charge in [0.05, 0.1) is 79.3 Å². The third-order valence-electron chi connectivity index (χ3n) is 4.88. The van der Waals surface area contributed by atoms with Crippen molar-refractivity contribution < 1.29 is 33.2 Å². The lowest BCUT2D eigenvalue weighted by Crippen LogP contribution is -2.14. The van der Waals surface area contributed by atoms with Gasteiger partial charge in [-0.3, -0.25) is 0 Å². The lowest BCUT2D eigenvalue weighted by Gasteiger charge is -2.08. The highest BCUT2D eigenvalue weighted by Crippen LogP contribution is 2.10. The monoisotopic (exact) mass is 496 g/mol. The van der Waals surface area contributed by atoms with E-state index in [1.165, 1.54) is 51.4 Å². The quantitative estimate of drug-likeness (QED) is 0.115. The fraction of sp³-hybridized carbons (Fsp3) is 1.00. The second kappa shape index (κ2) is 32.1. The highest BCUT2D eigenvalue weighted by atomic mass is 32.1. The number of ether oxygens (including phenoxy) is 7. The van der Waals surface area contributed by atoms with Gasteiger partial charge < -0.3 is 33.2 Å². The molecule has 0 aliphatic heterocycles. The molecule has 0 aromatic heterocycles. The maximum absolute atomic E-state index is 5.62. The smallest absolute Gasteiger partial charge is 0.0701 e. The van der Waals surface area contributed by atoms with E-state index in [0.717, 1.165) is 25.4 Å². The molecule has 0 saturated heterocycles. The summed E-state index contributed by atoms with van der Waals surface area (Å²) >= 11 is 4.24. The zero-order chi connectivity index (χ0) is 23.9. The van der Waals surface area contributed by atoms with Crippen molar-refractivity contribution in [2.75, 3.05) is 98.2 Å². The van der Waals surface area contributed by atoms with Crippen molar-refractivity contribution in [1.29, 1.82) is 0 Å². The van der Waals surface area contributed by atoms with Crippen LogP contribution in [-0.2, 0) is 33.2 Å². The van der Waals surface area contributed by atoms with Crippen molar-refractivity contribution in [3.05, 3.63) is 0 Å². The molecule has 0 atom stereocenters. The summed E-state index contributed by atoms with van der Waals surface area (Å²) in [6, 6.07) is 0. The molecule has 0 fully saturated rings. The number of hydrogen-bond donors (Lipinski definition) is 1. The minimum absolute atomic E-state index is 0.562. The zero-order valence-electron chi connectivity index (χ0n) is 21.3. The minimum Gasteiger partial charge on any atom is -0.379 e. The number of unbranched alkanes of at least 4 members (excludes halogenated alkanes) is 8. The summed E-state index contributed by atoms with van der Waals surface area (Å²) in [5.41, 5.74) is 0. The summed E-state index contributed by atoms with van der Waals surface area (Å²) in [6.45, 7) is 10.6. The van der Waals surface area contributed by atoms with Gasteiger partial charge >= 0.3 is 0 Å². The van der Waals surface area contributed by atoms with Gasteiger partial charge in [-0.2, -0.15) is 12.6 Å². The molecule has 0 saturated carbocycles. The fourth-order valence-electron chi connectivity index (χ4n) is 3.02. The van der Waals surface area contributed by atoms with Crippen LogP contribution in [0.15, 0.2) is 0 Å². The second-order valence-corrected chi connectivity index (χ2v) is 8.22. The summed E-state index contributed by atoms with van der Waals surface area (Å²) in [6.07, 6.45) is 11.8. The van der Waals surface area contributed by atoms with Gasteiger partial charge in [0.1, 0.15) is 0 Å². The Balaban J connectivity index is 2.99. The first-order chi connectivity index (χ1) is 16.4. The molecule has 0 amide bonds. The van der Waals surface area contributed by atoms with Crippen LogP contribution in [0.25, 0.3) is 0 Å². The van der Waals surface area contributed by atoms with E-state index in [0.29, 0.717) is 79.3 Å². The van der Waals surface area contributed by atoms with E-state index < -0.39 is 0 Å². The van der Waals surface area contributed by atoms with Crippen LogP contribution in [0.3, 0.4) is 0 Å². The molecule has 0 aliphatic rings. The summed E-state index contributed by atoms with van der Waals surface area (Å²) in [5, 5.41) is 0. The molecule has 200 valence electrons. The largest absolute Gasteiger partial charge is 0.379 e. The molecule has 0 spiro atoms. The average molecular weight is 497 g/mol. The Morgan fingerprint density at radius 3 is 0.939 bits per heavy atom. The third kappa shape index (κ3) is 32.1. The van der Waals surface area contributed by atoms with Gasteiger partial charge in [-0.05, 0) is 25.5 Å². The zero-order valence-corrected chi connectivity index (χ0v) is 22.2. The van der Waals surface area contributed by atoms with Crippen molar-refractivity contribution in [3.63, 3.8) is 0 Å². The lowest BCUT2D eigenvalue weighted by atomic mass is 10.1. The maximum Gasteiger partial charge on any atom is 0.0701 e. The van der Waals surface area contributed by atoms with Gasteiger partial charge in [0.15, 0.2) is 0 Å². The number of hydrogen-bond acceptors (Lipinski definition) is 8. The molecule has 8 heteroatoms. The van der Waals surface area contributed by atoms with Crippen LogP contribution in [0.4, 0.5) is 0 Å². The molecule has 0 aromatic rings. The van der Waals surface area contributed by atoms with E-state index >= 15 is 0 Å². The van der Waals surface area contributed by atoms with Crippen LogP contribution in [0.1, 0.15) is 64.7 Å². The molecule has 0 radical (unpaired) electrons. The summed E-state index contributed by atoms with van der Waals surface area (Å²) < 4.78 is 38.0. The molecule has 33 heavy (non-hydrogen) atoms. The highest BCUT2D eigenvalue weighted by molar-refractivity contribution is 7.80. The van der Waals surface area contributed by atoms with Gasteiger partial charge in [0.25, 0.3) is 0 Å². The van der Waals surface area contributed by atoms with Crippen LogP contribution < -0.4 is 0 Å². The Bertz CT molecular complexity index is 308. The molecule has 0 heterocycles. The van der Waals surface area contributed by atoms with Crippen LogP contribution >= 0.6 is 12.6 Å². The van der Waals surface area contributed by atoms with Crippen LogP contribution in [0, 0.1) is 0 Å². The fourth-order valence-corrected chi connectivity index (χ4v) is 3.24. The van der Waals surface area contributed by atoms with Gasteiger partial charge in [-0.1, -0.05) is 44.9 Å². The first-order valence-corrected chi connectivity index (χ1v) is 13.7. The third-order valence-corrected chi connectivity index (χ3v) is 5.20. The van der Waals surface area contributed by atoms with Gasteiger partial charge in [0.2, 0.25) is 0 Å². The minimum atomic E-state index is 0.562. The van der Waals surface area contributed by atoms with Crippen LogP contribution in [-0.4, -0.2) is 98.2 Å². The van der Waals surface area contributed by atoms with Crippen molar-refractivity contribution >= 4 is 12.6 Å². The predicted octanol–water partition coefficient (Wildman–Crippen LogP) is 4.56. The molecule has 0 bridgehead atoms. The van der Waals surface area contributed by atoms with Crippen LogP contribution in [0.2, 0.25) is 0 Å². The first-order valence-electron chi connectivity index (χ1n) is 13.1. The van der Waals surface area contributed by atoms with Crippen molar-refractivity contribution in [2.24, 2.45) is 0 Å². The standard InChI is InChI=1S/C25H52O7S/c1-2-26-13-14-28-17-18-30-21-22-32-24-23-31-20-19-29-16-15-27-12-10-8-6-4-3-5-7-9-11-25-33/h33H,2-25H2,1H3. The van der Waals surface area contributed by atoms with Crippen molar-refractivity contribution in [3.8, 4) is 0 Å². The topological polar surface area (TPSA) is 64.6 Å². The molecule has 0 rings (SSSR count). The second-order valence-electron chi connectivity index (χ2n) is 7.78. The Morgan fingerprint density at radius 2 is 0.606 bits per heavy atom. The Kier molecular flexibility index (Phi) is 32.1. The average Bonchev–Trinajstić information content (AvgIpc) is 2.83. The molecule has 0 aromatic carbocycles. The molecular formula is C25H52O7S. The number of rotatable bonds is 30. The Morgan fingerprint density at radius 1 is 0.333 bits per heavy atom. The highest BCUT2D eigenvalue weighted by Gasteiger charge is 1.96. The maximum atomic E-state index is 5.62. The molecular weight excluding hydrogens is 444 g/mol. The SMILES string of the molecule is CCOCCOCCOCCOCCOCCOCCOCCCCCCCCCCCS. The molecule has 0 aliphatic carbocycles.